The molecular weight excluding hydrogens is 340 g/mol. The first-order chi connectivity index (χ1) is 13.2. The summed E-state index contributed by atoms with van der Waals surface area (Å²) in [5.74, 6) is 1.42. The molecule has 1 aliphatic carbocycles. The fraction of sp³-hybridized carbons (Fsp3) is 0.619. The maximum atomic E-state index is 12.5. The maximum absolute atomic E-state index is 12.5. The van der Waals surface area contributed by atoms with Crippen LogP contribution in [0.25, 0.3) is 11.0 Å². The van der Waals surface area contributed by atoms with Crippen molar-refractivity contribution in [3.05, 3.63) is 24.0 Å². The summed E-state index contributed by atoms with van der Waals surface area (Å²) in [5.41, 5.74) is 2.93. The normalized spacial score (nSPS) is 19.4. The van der Waals surface area contributed by atoms with Gasteiger partial charge in [0, 0.05) is 44.7 Å². The molecule has 1 aliphatic heterocycles. The Hall–Kier alpha value is -1.92. The highest BCUT2D eigenvalue weighted by atomic mass is 16.5. The Bertz CT molecular complexity index is 789. The average Bonchev–Trinajstić information content (AvgIpc) is 3.03. The van der Waals surface area contributed by atoms with Crippen molar-refractivity contribution < 1.29 is 9.53 Å². The lowest BCUT2D eigenvalue weighted by Crippen LogP contribution is -2.37. The number of benzene rings is 1. The summed E-state index contributed by atoms with van der Waals surface area (Å²) in [6.45, 7) is 4.66. The van der Waals surface area contributed by atoms with Crippen LogP contribution in [-0.4, -0.2) is 53.2 Å². The lowest BCUT2D eigenvalue weighted by atomic mass is 9.88. The van der Waals surface area contributed by atoms with E-state index in [-0.39, 0.29) is 11.8 Å². The Balaban J connectivity index is 1.43. The number of amides is 1. The smallest absolute Gasteiger partial charge is 0.227 e. The van der Waals surface area contributed by atoms with E-state index < -0.39 is 0 Å². The van der Waals surface area contributed by atoms with Gasteiger partial charge in [-0.15, -0.1) is 0 Å². The van der Waals surface area contributed by atoms with Crippen molar-refractivity contribution in [1.29, 1.82) is 0 Å². The molecule has 1 amide bonds. The zero-order chi connectivity index (χ0) is 18.6. The van der Waals surface area contributed by atoms with E-state index in [0.717, 1.165) is 74.7 Å². The van der Waals surface area contributed by atoms with Crippen molar-refractivity contribution in [2.45, 2.75) is 38.5 Å². The Morgan fingerprint density at radius 3 is 2.78 bits per heavy atom. The fourth-order valence-electron chi connectivity index (χ4n) is 4.24. The van der Waals surface area contributed by atoms with Crippen LogP contribution < -0.4 is 5.32 Å². The molecular formula is C21H30N4O2. The molecule has 27 heavy (non-hydrogen) atoms. The second-order valence-corrected chi connectivity index (χ2v) is 7.82. The third kappa shape index (κ3) is 4.33. The quantitative estimate of drug-likeness (QED) is 0.879. The lowest BCUT2D eigenvalue weighted by molar-refractivity contribution is -0.120. The molecule has 6 nitrogen and oxygen atoms in total. The van der Waals surface area contributed by atoms with E-state index in [1.165, 1.54) is 19.3 Å². The van der Waals surface area contributed by atoms with Gasteiger partial charge in [-0.3, -0.25) is 9.69 Å². The molecule has 1 saturated carbocycles. The number of aromatic nitrogens is 2. The number of morpholine rings is 1. The van der Waals surface area contributed by atoms with Crippen LogP contribution in [0.2, 0.25) is 0 Å². The fourth-order valence-corrected chi connectivity index (χ4v) is 4.24. The standard InChI is InChI=1S/C21H30N4O2/c1-24-19-8-7-17(22-21(26)16-5-3-2-4-6-16)15-18(19)23-20(24)9-10-25-11-13-27-14-12-25/h7-8,15-16H,2-6,9-14H2,1H3,(H,22,26). The molecule has 1 aromatic carbocycles. The van der Waals surface area contributed by atoms with E-state index in [2.05, 4.69) is 27.9 Å². The average molecular weight is 370 g/mol. The van der Waals surface area contributed by atoms with Gasteiger partial charge in [-0.2, -0.15) is 0 Å². The number of rotatable bonds is 5. The molecule has 2 fully saturated rings. The van der Waals surface area contributed by atoms with Crippen molar-refractivity contribution >= 4 is 22.6 Å². The van der Waals surface area contributed by atoms with E-state index in [1.54, 1.807) is 0 Å². The molecule has 0 spiro atoms. The predicted octanol–water partition coefficient (Wildman–Crippen LogP) is 2.97. The summed E-state index contributed by atoms with van der Waals surface area (Å²) in [6.07, 6.45) is 6.56. The third-order valence-electron chi connectivity index (χ3n) is 5.97. The van der Waals surface area contributed by atoms with E-state index in [4.69, 9.17) is 9.72 Å². The van der Waals surface area contributed by atoms with Crippen LogP contribution in [0.15, 0.2) is 18.2 Å². The lowest BCUT2D eigenvalue weighted by Gasteiger charge is -2.26. The van der Waals surface area contributed by atoms with E-state index in [0.29, 0.717) is 0 Å². The Morgan fingerprint density at radius 1 is 1.22 bits per heavy atom. The van der Waals surface area contributed by atoms with Crippen LogP contribution in [0.1, 0.15) is 37.9 Å². The van der Waals surface area contributed by atoms with Crippen LogP contribution >= 0.6 is 0 Å². The summed E-state index contributed by atoms with van der Waals surface area (Å²) in [4.78, 5) is 19.8. The first-order valence-corrected chi connectivity index (χ1v) is 10.3. The molecule has 1 saturated heterocycles. The van der Waals surface area contributed by atoms with Crippen LogP contribution in [0, 0.1) is 5.92 Å². The van der Waals surface area contributed by atoms with Crippen molar-refractivity contribution in [2.24, 2.45) is 13.0 Å². The second kappa shape index (κ2) is 8.40. The monoisotopic (exact) mass is 370 g/mol. The van der Waals surface area contributed by atoms with Crippen molar-refractivity contribution in [3.8, 4) is 0 Å². The van der Waals surface area contributed by atoms with Gasteiger partial charge >= 0.3 is 0 Å². The summed E-state index contributed by atoms with van der Waals surface area (Å²) in [6, 6.07) is 6.07. The SMILES string of the molecule is Cn1c(CCN2CCOCC2)nc2cc(NC(=O)C3CCCCC3)ccc21. The van der Waals surface area contributed by atoms with Gasteiger partial charge in [0.05, 0.1) is 24.2 Å². The van der Waals surface area contributed by atoms with Crippen LogP contribution in [0.3, 0.4) is 0 Å². The number of hydrogen-bond donors (Lipinski definition) is 1. The Morgan fingerprint density at radius 2 is 2.00 bits per heavy atom. The topological polar surface area (TPSA) is 59.4 Å². The van der Waals surface area contributed by atoms with Crippen molar-refractivity contribution in [3.63, 3.8) is 0 Å². The van der Waals surface area contributed by atoms with Gasteiger partial charge in [-0.1, -0.05) is 19.3 Å². The molecule has 1 N–H and O–H groups in total. The minimum absolute atomic E-state index is 0.164. The van der Waals surface area contributed by atoms with E-state index in [1.807, 2.05) is 12.1 Å². The molecule has 0 atom stereocenters. The van der Waals surface area contributed by atoms with Gasteiger partial charge < -0.3 is 14.6 Å². The number of ether oxygens (including phenoxy) is 1. The number of fused-ring (bicyclic) bond motifs is 1. The number of nitrogens with one attached hydrogen (secondary N) is 1. The third-order valence-corrected chi connectivity index (χ3v) is 5.97. The van der Waals surface area contributed by atoms with Crippen molar-refractivity contribution in [2.75, 3.05) is 38.2 Å². The predicted molar refractivity (Wildman–Crippen MR) is 107 cm³/mol. The van der Waals surface area contributed by atoms with Gasteiger partial charge in [-0.25, -0.2) is 4.98 Å². The van der Waals surface area contributed by atoms with E-state index >= 15 is 0 Å². The highest BCUT2D eigenvalue weighted by Gasteiger charge is 2.21. The zero-order valence-corrected chi connectivity index (χ0v) is 16.2. The van der Waals surface area contributed by atoms with Crippen LogP contribution in [0.5, 0.6) is 0 Å². The molecule has 0 bridgehead atoms. The van der Waals surface area contributed by atoms with Crippen LogP contribution in [-0.2, 0) is 23.0 Å². The number of hydrogen-bond acceptors (Lipinski definition) is 4. The van der Waals surface area contributed by atoms with Gasteiger partial charge in [0.2, 0.25) is 5.91 Å². The summed E-state index contributed by atoms with van der Waals surface area (Å²) >= 11 is 0. The van der Waals surface area contributed by atoms with E-state index in [9.17, 15) is 4.79 Å². The minimum Gasteiger partial charge on any atom is -0.379 e. The van der Waals surface area contributed by atoms with Gasteiger partial charge in [0.1, 0.15) is 5.82 Å². The summed E-state index contributed by atoms with van der Waals surface area (Å²) in [7, 11) is 2.07. The first kappa shape index (κ1) is 18.4. The Labute approximate surface area is 160 Å². The second-order valence-electron chi connectivity index (χ2n) is 7.82. The first-order valence-electron chi connectivity index (χ1n) is 10.3. The highest BCUT2D eigenvalue weighted by Crippen LogP contribution is 2.26. The number of nitrogens with zero attached hydrogens (tertiary/aromatic N) is 3. The molecule has 146 valence electrons. The zero-order valence-electron chi connectivity index (χ0n) is 16.2. The number of imidazole rings is 1. The maximum Gasteiger partial charge on any atom is 0.227 e. The number of anilines is 1. The van der Waals surface area contributed by atoms with Crippen molar-refractivity contribution in [1.82, 2.24) is 14.5 Å². The van der Waals surface area contributed by atoms with Gasteiger partial charge in [0.25, 0.3) is 0 Å². The molecule has 2 aromatic rings. The number of carbonyl (C=O) groups is 1. The molecule has 6 heteroatoms. The number of carbonyl (C=O) groups excluding carboxylic acids is 1. The number of aryl methyl sites for hydroxylation is 1. The molecule has 0 unspecified atom stereocenters. The molecule has 0 radical (unpaired) electrons. The molecule has 2 heterocycles. The molecule has 1 aromatic heterocycles. The summed E-state index contributed by atoms with van der Waals surface area (Å²) in [5, 5.41) is 3.11. The molecule has 2 aliphatic rings. The molecule has 4 rings (SSSR count). The largest absolute Gasteiger partial charge is 0.379 e. The highest BCUT2D eigenvalue weighted by molar-refractivity contribution is 5.94. The Kier molecular flexibility index (Phi) is 5.74. The van der Waals surface area contributed by atoms with Gasteiger partial charge in [-0.05, 0) is 31.0 Å². The minimum atomic E-state index is 0.164. The van der Waals surface area contributed by atoms with Gasteiger partial charge in [0.15, 0.2) is 0 Å². The van der Waals surface area contributed by atoms with Crippen LogP contribution in [0.4, 0.5) is 5.69 Å². The summed E-state index contributed by atoms with van der Waals surface area (Å²) < 4.78 is 7.58.